The fourth-order valence-corrected chi connectivity index (χ4v) is 5.62. The van der Waals surface area contributed by atoms with Crippen LogP contribution in [0.4, 0.5) is 28.4 Å². The van der Waals surface area contributed by atoms with Crippen molar-refractivity contribution in [3.05, 3.63) is 196 Å². The monoisotopic (exact) mass is 683 g/mol. The number of rotatable bonds is 7. The van der Waals surface area contributed by atoms with E-state index >= 15 is 0 Å². The summed E-state index contributed by atoms with van der Waals surface area (Å²) >= 11 is 0. The maximum Gasteiger partial charge on any atom is 0.0936 e. The molecule has 0 aliphatic rings. The molecule has 0 saturated heterocycles. The summed E-state index contributed by atoms with van der Waals surface area (Å²) in [6.45, 7) is 6.99. The number of nitrogens with one attached hydrogen (secondary N) is 1. The predicted molar refractivity (Wildman–Crippen MR) is 218 cm³/mol. The Morgan fingerprint density at radius 1 is 0.434 bits per heavy atom. The molecular weight excluding hydrogens is 647 g/mol. The van der Waals surface area contributed by atoms with E-state index in [0.29, 0.717) is 0 Å². The molecule has 0 fully saturated rings. The highest BCUT2D eigenvalue weighted by molar-refractivity contribution is 5.99. The Kier molecular flexibility index (Phi) is 10.6. The van der Waals surface area contributed by atoms with Crippen molar-refractivity contribution in [2.75, 3.05) is 5.32 Å². The van der Waals surface area contributed by atoms with Gasteiger partial charge in [-0.05, 0) is 123 Å². The van der Waals surface area contributed by atoms with Crippen molar-refractivity contribution < 1.29 is 0 Å². The SMILES string of the molecule is Cc1ccc(C#Cc2ccc(C#Cc3ccc(N=Nc4ccc(N=Nc5ccc(NCc6ccc(C)cc6)cc5C)c5ccccc45)cc3)cc2)cc1. The number of azo groups is 2. The summed E-state index contributed by atoms with van der Waals surface area (Å²) in [4.78, 5) is 0. The minimum Gasteiger partial charge on any atom is -0.381 e. The minimum absolute atomic E-state index is 0.743. The van der Waals surface area contributed by atoms with Gasteiger partial charge in [0.2, 0.25) is 0 Å². The van der Waals surface area contributed by atoms with Crippen molar-refractivity contribution in [1.29, 1.82) is 0 Å². The Hall–Kier alpha value is -7.08. The third kappa shape index (κ3) is 9.18. The molecule has 0 saturated carbocycles. The maximum absolute atomic E-state index is 4.65. The molecule has 5 nitrogen and oxygen atoms in total. The molecule has 7 aromatic rings. The second-order valence-electron chi connectivity index (χ2n) is 12.9. The van der Waals surface area contributed by atoms with E-state index in [1.807, 2.05) is 109 Å². The van der Waals surface area contributed by atoms with Crippen molar-refractivity contribution in [1.82, 2.24) is 0 Å². The van der Waals surface area contributed by atoms with Crippen molar-refractivity contribution >= 4 is 39.2 Å². The highest BCUT2D eigenvalue weighted by Gasteiger charge is 2.07. The molecule has 0 aromatic heterocycles. The molecule has 1 N–H and O–H groups in total. The molecular formula is C48H37N5. The van der Waals surface area contributed by atoms with E-state index < -0.39 is 0 Å². The van der Waals surface area contributed by atoms with Gasteiger partial charge in [-0.1, -0.05) is 95.5 Å². The average Bonchev–Trinajstić information content (AvgIpc) is 3.19. The predicted octanol–water partition coefficient (Wildman–Crippen LogP) is 13.0. The third-order valence-corrected chi connectivity index (χ3v) is 8.74. The highest BCUT2D eigenvalue weighted by Crippen LogP contribution is 2.35. The van der Waals surface area contributed by atoms with E-state index in [9.17, 15) is 0 Å². The van der Waals surface area contributed by atoms with Crippen molar-refractivity contribution in [3.8, 4) is 23.7 Å². The van der Waals surface area contributed by atoms with Gasteiger partial charge in [-0.2, -0.15) is 10.2 Å². The molecule has 7 aromatic carbocycles. The lowest BCUT2D eigenvalue weighted by atomic mass is 10.1. The number of hydrogen-bond donors (Lipinski definition) is 1. The number of benzene rings is 7. The Morgan fingerprint density at radius 3 is 1.40 bits per heavy atom. The number of aryl methyl sites for hydroxylation is 3. The molecule has 7 rings (SSSR count). The molecule has 0 amide bonds. The molecule has 0 bridgehead atoms. The van der Waals surface area contributed by atoms with Gasteiger partial charge in [0.25, 0.3) is 0 Å². The van der Waals surface area contributed by atoms with Crippen molar-refractivity contribution in [2.45, 2.75) is 27.3 Å². The van der Waals surface area contributed by atoms with Crippen LogP contribution in [0.15, 0.2) is 172 Å². The summed E-state index contributed by atoms with van der Waals surface area (Å²) in [6.07, 6.45) is 0. The van der Waals surface area contributed by atoms with E-state index in [-0.39, 0.29) is 0 Å². The zero-order valence-electron chi connectivity index (χ0n) is 29.9. The summed E-state index contributed by atoms with van der Waals surface area (Å²) < 4.78 is 0. The molecule has 0 aliphatic heterocycles. The molecule has 254 valence electrons. The van der Waals surface area contributed by atoms with Crippen LogP contribution in [-0.4, -0.2) is 0 Å². The lowest BCUT2D eigenvalue weighted by Crippen LogP contribution is -1.99. The fourth-order valence-electron chi connectivity index (χ4n) is 5.62. The normalized spacial score (nSPS) is 10.9. The van der Waals surface area contributed by atoms with E-state index in [0.717, 1.165) is 73.6 Å². The van der Waals surface area contributed by atoms with Crippen LogP contribution in [0.25, 0.3) is 10.8 Å². The first-order chi connectivity index (χ1) is 25.9. The van der Waals surface area contributed by atoms with E-state index in [1.54, 1.807) is 0 Å². The zero-order valence-corrected chi connectivity index (χ0v) is 29.9. The fraction of sp³-hybridized carbons (Fsp3) is 0.0833. The summed E-state index contributed by atoms with van der Waals surface area (Å²) in [5.74, 6) is 12.9. The number of fused-ring (bicyclic) bond motifs is 1. The number of anilines is 1. The van der Waals surface area contributed by atoms with Gasteiger partial charge in [0.15, 0.2) is 0 Å². The molecule has 0 atom stereocenters. The van der Waals surface area contributed by atoms with Gasteiger partial charge in [0.05, 0.1) is 22.7 Å². The molecule has 0 spiro atoms. The third-order valence-electron chi connectivity index (χ3n) is 8.74. The van der Waals surface area contributed by atoms with Gasteiger partial charge in [0.1, 0.15) is 0 Å². The second-order valence-corrected chi connectivity index (χ2v) is 12.9. The average molecular weight is 684 g/mol. The van der Waals surface area contributed by atoms with Crippen molar-refractivity contribution in [3.63, 3.8) is 0 Å². The van der Waals surface area contributed by atoms with Crippen LogP contribution in [0.3, 0.4) is 0 Å². The first-order valence-electron chi connectivity index (χ1n) is 17.5. The molecule has 5 heteroatoms. The van der Waals surface area contributed by atoms with Gasteiger partial charge in [0, 0.05) is 45.3 Å². The number of nitrogens with zero attached hydrogens (tertiary/aromatic N) is 4. The smallest absolute Gasteiger partial charge is 0.0936 e. The largest absolute Gasteiger partial charge is 0.381 e. The second kappa shape index (κ2) is 16.3. The van der Waals surface area contributed by atoms with Gasteiger partial charge in [-0.3, -0.25) is 0 Å². The van der Waals surface area contributed by atoms with E-state index in [4.69, 9.17) is 0 Å². The minimum atomic E-state index is 0.743. The zero-order chi connectivity index (χ0) is 36.4. The standard InChI is InChI=1S/C48H37N5/c1-34-8-12-37(13-9-34)16-17-38-18-20-39(21-19-38)22-23-40-24-26-42(27-25-40)50-52-47-30-31-48(45-7-5-4-6-44(45)47)53-51-46-29-28-43(32-36(46)3)49-33-41-14-10-35(2)11-15-41/h4-15,18-21,24-32,49H,33H2,1-3H3. The van der Waals surface area contributed by atoms with Crippen LogP contribution in [0.2, 0.25) is 0 Å². The van der Waals surface area contributed by atoms with E-state index in [1.165, 1.54) is 16.7 Å². The molecule has 0 radical (unpaired) electrons. The maximum atomic E-state index is 4.65. The molecule has 0 heterocycles. The topological polar surface area (TPSA) is 61.5 Å². The molecule has 0 aliphatic carbocycles. The quantitative estimate of drug-likeness (QED) is 0.132. The first kappa shape index (κ1) is 34.4. The van der Waals surface area contributed by atoms with Crippen molar-refractivity contribution in [2.24, 2.45) is 20.5 Å². The summed E-state index contributed by atoms with van der Waals surface area (Å²) in [5, 5.41) is 23.8. The van der Waals surface area contributed by atoms with Crippen LogP contribution >= 0.6 is 0 Å². The van der Waals surface area contributed by atoms with Crippen LogP contribution in [-0.2, 0) is 6.54 Å². The van der Waals surface area contributed by atoms with Crippen LogP contribution in [0.5, 0.6) is 0 Å². The van der Waals surface area contributed by atoms with Crippen LogP contribution in [0, 0.1) is 44.5 Å². The summed E-state index contributed by atoms with van der Waals surface area (Å²) in [6, 6.07) is 50.6. The Balaban J connectivity index is 0.991. The first-order valence-corrected chi connectivity index (χ1v) is 17.5. The van der Waals surface area contributed by atoms with Crippen LogP contribution in [0.1, 0.15) is 44.5 Å². The van der Waals surface area contributed by atoms with Crippen LogP contribution < -0.4 is 5.32 Å². The Labute approximate surface area is 311 Å². The Bertz CT molecular complexity index is 2560. The molecule has 0 unspecified atom stereocenters. The van der Waals surface area contributed by atoms with Gasteiger partial charge in [-0.15, -0.1) is 10.2 Å². The Morgan fingerprint density at radius 2 is 0.868 bits per heavy atom. The van der Waals surface area contributed by atoms with Gasteiger partial charge >= 0.3 is 0 Å². The van der Waals surface area contributed by atoms with Gasteiger partial charge in [-0.25, -0.2) is 0 Å². The lowest BCUT2D eigenvalue weighted by Gasteiger charge is -2.09. The molecule has 53 heavy (non-hydrogen) atoms. The number of hydrogen-bond acceptors (Lipinski definition) is 5. The van der Waals surface area contributed by atoms with E-state index in [2.05, 4.69) is 113 Å². The lowest BCUT2D eigenvalue weighted by molar-refractivity contribution is 1.14. The summed E-state index contributed by atoms with van der Waals surface area (Å²) in [7, 11) is 0. The summed E-state index contributed by atoms with van der Waals surface area (Å²) in [5.41, 5.74) is 12.7. The highest BCUT2D eigenvalue weighted by atomic mass is 15.1. The van der Waals surface area contributed by atoms with Gasteiger partial charge < -0.3 is 5.32 Å².